The minimum absolute atomic E-state index is 0.243. The van der Waals surface area contributed by atoms with Gasteiger partial charge in [0.1, 0.15) is 5.82 Å². The van der Waals surface area contributed by atoms with Crippen LogP contribution in [-0.2, 0) is 0 Å². The highest BCUT2D eigenvalue weighted by Gasteiger charge is 2.11. The SMILES string of the molecule is Cc1ccc(C(=O)Nc2ccc(-c3cccs3)cc2)c(N)n1. The number of hydrogen-bond donors (Lipinski definition) is 2. The van der Waals surface area contributed by atoms with E-state index in [-0.39, 0.29) is 11.7 Å². The Labute approximate surface area is 132 Å². The topological polar surface area (TPSA) is 68.0 Å². The minimum atomic E-state index is -0.256. The second-order valence-corrected chi connectivity index (χ2v) is 5.84. The summed E-state index contributed by atoms with van der Waals surface area (Å²) in [6.45, 7) is 1.83. The van der Waals surface area contributed by atoms with Crippen LogP contribution in [0.15, 0.2) is 53.9 Å². The van der Waals surface area contributed by atoms with E-state index in [1.165, 1.54) is 4.88 Å². The monoisotopic (exact) mass is 309 g/mol. The molecule has 4 nitrogen and oxygen atoms in total. The Hall–Kier alpha value is -2.66. The van der Waals surface area contributed by atoms with Crippen LogP contribution >= 0.6 is 11.3 Å². The van der Waals surface area contributed by atoms with Gasteiger partial charge in [0, 0.05) is 16.3 Å². The molecule has 1 amide bonds. The van der Waals surface area contributed by atoms with Crippen LogP contribution in [-0.4, -0.2) is 10.9 Å². The number of aromatic nitrogens is 1. The summed E-state index contributed by atoms with van der Waals surface area (Å²) in [6, 6.07) is 15.3. The van der Waals surface area contributed by atoms with Gasteiger partial charge in [-0.15, -0.1) is 11.3 Å². The number of benzene rings is 1. The van der Waals surface area contributed by atoms with Gasteiger partial charge in [0.25, 0.3) is 5.91 Å². The highest BCUT2D eigenvalue weighted by Crippen LogP contribution is 2.26. The second kappa shape index (κ2) is 5.99. The molecule has 0 aliphatic rings. The molecule has 0 atom stereocenters. The highest BCUT2D eigenvalue weighted by atomic mass is 32.1. The number of carbonyl (C=O) groups is 1. The minimum Gasteiger partial charge on any atom is -0.383 e. The Morgan fingerprint density at radius 1 is 1.14 bits per heavy atom. The van der Waals surface area contributed by atoms with Crippen molar-refractivity contribution < 1.29 is 4.79 Å². The molecule has 0 aliphatic carbocycles. The van der Waals surface area contributed by atoms with Crippen LogP contribution in [0.5, 0.6) is 0 Å². The molecule has 22 heavy (non-hydrogen) atoms. The van der Waals surface area contributed by atoms with Gasteiger partial charge >= 0.3 is 0 Å². The van der Waals surface area contributed by atoms with Crippen molar-refractivity contribution in [1.29, 1.82) is 0 Å². The molecular formula is C17H15N3OS. The number of carbonyl (C=O) groups excluding carboxylic acids is 1. The van der Waals surface area contributed by atoms with Gasteiger partial charge < -0.3 is 11.1 Å². The lowest BCUT2D eigenvalue weighted by molar-refractivity contribution is 0.102. The van der Waals surface area contributed by atoms with Crippen molar-refractivity contribution >= 4 is 28.7 Å². The lowest BCUT2D eigenvalue weighted by atomic mass is 10.1. The summed E-state index contributed by atoms with van der Waals surface area (Å²) in [5, 5.41) is 4.88. The van der Waals surface area contributed by atoms with E-state index in [4.69, 9.17) is 5.73 Å². The first kappa shape index (κ1) is 14.3. The van der Waals surface area contributed by atoms with Crippen LogP contribution in [0.4, 0.5) is 11.5 Å². The van der Waals surface area contributed by atoms with E-state index in [1.807, 2.05) is 42.6 Å². The molecule has 3 N–H and O–H groups in total. The number of nitrogens with zero attached hydrogens (tertiary/aromatic N) is 1. The third-order valence-electron chi connectivity index (χ3n) is 3.26. The number of thiophene rings is 1. The van der Waals surface area contributed by atoms with Crippen LogP contribution in [0, 0.1) is 6.92 Å². The zero-order valence-corrected chi connectivity index (χ0v) is 12.9. The molecular weight excluding hydrogens is 294 g/mol. The molecule has 0 bridgehead atoms. The van der Waals surface area contributed by atoms with Crippen molar-refractivity contribution in [2.24, 2.45) is 0 Å². The number of nitrogens with two attached hydrogens (primary N) is 1. The van der Waals surface area contributed by atoms with Gasteiger partial charge in [0.15, 0.2) is 0 Å². The van der Waals surface area contributed by atoms with E-state index in [2.05, 4.69) is 16.4 Å². The Morgan fingerprint density at radius 2 is 1.91 bits per heavy atom. The number of amides is 1. The van der Waals surface area contributed by atoms with E-state index in [0.717, 1.165) is 16.9 Å². The number of aryl methyl sites for hydroxylation is 1. The third kappa shape index (κ3) is 2.99. The fourth-order valence-corrected chi connectivity index (χ4v) is 2.86. The van der Waals surface area contributed by atoms with Gasteiger partial charge in [-0.25, -0.2) is 4.98 Å². The summed E-state index contributed by atoms with van der Waals surface area (Å²) in [5.41, 5.74) is 8.82. The zero-order valence-electron chi connectivity index (χ0n) is 12.0. The van der Waals surface area contributed by atoms with E-state index < -0.39 is 0 Å². The van der Waals surface area contributed by atoms with Crippen molar-refractivity contribution in [3.63, 3.8) is 0 Å². The number of anilines is 2. The van der Waals surface area contributed by atoms with Gasteiger partial charge in [0.05, 0.1) is 5.56 Å². The molecule has 1 aromatic carbocycles. The second-order valence-electron chi connectivity index (χ2n) is 4.89. The molecule has 0 fully saturated rings. The van der Waals surface area contributed by atoms with Crippen LogP contribution in [0.2, 0.25) is 0 Å². The van der Waals surface area contributed by atoms with E-state index >= 15 is 0 Å². The van der Waals surface area contributed by atoms with E-state index in [9.17, 15) is 4.79 Å². The lowest BCUT2D eigenvalue weighted by Crippen LogP contribution is -2.15. The normalized spacial score (nSPS) is 10.4. The van der Waals surface area contributed by atoms with Gasteiger partial charge in [-0.1, -0.05) is 18.2 Å². The Bertz CT molecular complexity index is 795. The Balaban J connectivity index is 1.77. The number of nitrogen functional groups attached to an aromatic ring is 1. The number of pyridine rings is 1. The Morgan fingerprint density at radius 3 is 2.55 bits per heavy atom. The predicted molar refractivity (Wildman–Crippen MR) is 91.1 cm³/mol. The number of hydrogen-bond acceptors (Lipinski definition) is 4. The van der Waals surface area contributed by atoms with Crippen LogP contribution < -0.4 is 11.1 Å². The molecule has 2 heterocycles. The molecule has 3 aromatic rings. The molecule has 0 aliphatic heterocycles. The average Bonchev–Trinajstić information content (AvgIpc) is 3.02. The highest BCUT2D eigenvalue weighted by molar-refractivity contribution is 7.13. The van der Waals surface area contributed by atoms with Crippen LogP contribution in [0.25, 0.3) is 10.4 Å². The molecule has 110 valence electrons. The zero-order chi connectivity index (χ0) is 15.5. The predicted octanol–water partition coefficient (Wildman–Crippen LogP) is 3.95. The van der Waals surface area contributed by atoms with Crippen molar-refractivity contribution in [3.05, 3.63) is 65.2 Å². The van der Waals surface area contributed by atoms with Crippen LogP contribution in [0.1, 0.15) is 16.1 Å². The summed E-state index contributed by atoms with van der Waals surface area (Å²) in [7, 11) is 0. The summed E-state index contributed by atoms with van der Waals surface area (Å²) in [6.07, 6.45) is 0. The van der Waals surface area contributed by atoms with Crippen molar-refractivity contribution in [1.82, 2.24) is 4.98 Å². The van der Waals surface area contributed by atoms with Gasteiger partial charge in [-0.05, 0) is 48.2 Å². The van der Waals surface area contributed by atoms with Crippen LogP contribution in [0.3, 0.4) is 0 Å². The standard InChI is InChI=1S/C17H15N3OS/c1-11-4-9-14(16(18)19-11)17(21)20-13-7-5-12(6-8-13)15-3-2-10-22-15/h2-10H,1H3,(H2,18,19)(H,20,21). The fraction of sp³-hybridized carbons (Fsp3) is 0.0588. The largest absolute Gasteiger partial charge is 0.383 e. The van der Waals surface area contributed by atoms with Gasteiger partial charge in [-0.2, -0.15) is 0 Å². The molecule has 0 unspecified atom stereocenters. The number of nitrogens with one attached hydrogen (secondary N) is 1. The molecule has 0 radical (unpaired) electrons. The first-order chi connectivity index (χ1) is 10.6. The van der Waals surface area contributed by atoms with Crippen molar-refractivity contribution in [3.8, 4) is 10.4 Å². The average molecular weight is 309 g/mol. The quantitative estimate of drug-likeness (QED) is 0.769. The van der Waals surface area contributed by atoms with Crippen molar-refractivity contribution in [2.75, 3.05) is 11.1 Å². The Kier molecular flexibility index (Phi) is 3.89. The molecule has 3 rings (SSSR count). The lowest BCUT2D eigenvalue weighted by Gasteiger charge is -2.08. The molecule has 0 saturated heterocycles. The molecule has 0 spiro atoms. The first-order valence-electron chi connectivity index (χ1n) is 6.82. The fourth-order valence-electron chi connectivity index (χ4n) is 2.13. The maximum Gasteiger partial charge on any atom is 0.259 e. The molecule has 2 aromatic heterocycles. The van der Waals surface area contributed by atoms with E-state index in [0.29, 0.717) is 5.56 Å². The summed E-state index contributed by atoms with van der Waals surface area (Å²) < 4.78 is 0. The summed E-state index contributed by atoms with van der Waals surface area (Å²) >= 11 is 1.68. The smallest absolute Gasteiger partial charge is 0.259 e. The van der Waals surface area contributed by atoms with Crippen molar-refractivity contribution in [2.45, 2.75) is 6.92 Å². The molecule has 0 saturated carbocycles. The van der Waals surface area contributed by atoms with Gasteiger partial charge in [-0.3, -0.25) is 4.79 Å². The maximum absolute atomic E-state index is 12.2. The number of rotatable bonds is 3. The third-order valence-corrected chi connectivity index (χ3v) is 4.18. The first-order valence-corrected chi connectivity index (χ1v) is 7.70. The summed E-state index contributed by atoms with van der Waals surface area (Å²) in [4.78, 5) is 17.5. The summed E-state index contributed by atoms with van der Waals surface area (Å²) in [5.74, 6) is -0.0124. The molecule has 5 heteroatoms. The van der Waals surface area contributed by atoms with E-state index in [1.54, 1.807) is 23.5 Å². The van der Waals surface area contributed by atoms with Gasteiger partial charge in [0.2, 0.25) is 0 Å². The maximum atomic E-state index is 12.2.